The van der Waals surface area contributed by atoms with Gasteiger partial charge in [-0.15, -0.1) is 11.3 Å². The third-order valence-corrected chi connectivity index (χ3v) is 8.53. The maximum atomic E-state index is 12.8. The van der Waals surface area contributed by atoms with E-state index in [-0.39, 0.29) is 10.8 Å². The van der Waals surface area contributed by atoms with Crippen molar-refractivity contribution in [1.82, 2.24) is 14.3 Å². The number of rotatable bonds is 6. The minimum absolute atomic E-state index is 0.190. The van der Waals surface area contributed by atoms with Crippen LogP contribution in [0.5, 0.6) is 0 Å². The lowest BCUT2D eigenvalue weighted by Crippen LogP contribution is -2.32. The highest BCUT2D eigenvalue weighted by molar-refractivity contribution is 7.89. The number of amides is 1. The molecule has 0 saturated carbocycles. The van der Waals surface area contributed by atoms with Crippen LogP contribution in [0.25, 0.3) is 10.2 Å². The van der Waals surface area contributed by atoms with Crippen LogP contribution in [0.4, 0.5) is 11.5 Å². The first-order valence-electron chi connectivity index (χ1n) is 10.2. The Morgan fingerprint density at radius 1 is 1.19 bits per heavy atom. The first-order chi connectivity index (χ1) is 14.8. The van der Waals surface area contributed by atoms with Crippen LogP contribution in [0.1, 0.15) is 30.2 Å². The number of benzene rings is 1. The zero-order valence-corrected chi connectivity index (χ0v) is 19.3. The maximum absolute atomic E-state index is 12.8. The lowest BCUT2D eigenvalue weighted by molar-refractivity contribution is -0.116. The normalized spacial score (nSPS) is 15.8. The van der Waals surface area contributed by atoms with Crippen LogP contribution in [0.3, 0.4) is 0 Å². The van der Waals surface area contributed by atoms with Crippen LogP contribution in [-0.2, 0) is 14.8 Å². The topological polar surface area (TPSA) is 104 Å². The van der Waals surface area contributed by atoms with Gasteiger partial charge in [-0.1, -0.05) is 6.07 Å². The zero-order valence-electron chi connectivity index (χ0n) is 17.7. The molecular weight excluding hydrogens is 434 g/mol. The lowest BCUT2D eigenvalue weighted by atomic mass is 10.2. The highest BCUT2D eigenvalue weighted by atomic mass is 32.2. The second-order valence-electron chi connectivity index (χ2n) is 7.68. The molecule has 1 fully saturated rings. The van der Waals surface area contributed by atoms with Crippen molar-refractivity contribution in [1.29, 1.82) is 0 Å². The van der Waals surface area contributed by atoms with Crippen molar-refractivity contribution in [2.75, 3.05) is 23.7 Å². The number of carbonyl (C=O) groups excluding carboxylic acids is 1. The van der Waals surface area contributed by atoms with Gasteiger partial charge < -0.3 is 10.6 Å². The number of fused-ring (bicyclic) bond motifs is 1. The van der Waals surface area contributed by atoms with E-state index in [1.165, 1.54) is 16.7 Å². The number of anilines is 2. The van der Waals surface area contributed by atoms with E-state index >= 15 is 0 Å². The van der Waals surface area contributed by atoms with E-state index in [2.05, 4.69) is 20.6 Å². The molecule has 164 valence electrons. The van der Waals surface area contributed by atoms with Crippen LogP contribution in [0.15, 0.2) is 35.5 Å². The van der Waals surface area contributed by atoms with E-state index in [1.807, 2.05) is 13.8 Å². The van der Waals surface area contributed by atoms with E-state index in [4.69, 9.17) is 0 Å². The summed E-state index contributed by atoms with van der Waals surface area (Å²) in [5, 5.41) is 6.89. The van der Waals surface area contributed by atoms with E-state index in [0.717, 1.165) is 33.5 Å². The SMILES string of the molecule is Cc1sc2ncnc(NC(C)C(=O)Nc3cccc(S(=O)(=O)N4CCCC4)c3)c2c1C. The molecule has 1 amide bonds. The monoisotopic (exact) mass is 459 g/mol. The molecule has 0 aliphatic carbocycles. The van der Waals surface area contributed by atoms with Crippen molar-refractivity contribution >= 4 is 49.0 Å². The highest BCUT2D eigenvalue weighted by Crippen LogP contribution is 2.32. The Kier molecular flexibility index (Phi) is 5.96. The Morgan fingerprint density at radius 3 is 2.68 bits per heavy atom. The first-order valence-corrected chi connectivity index (χ1v) is 12.4. The van der Waals surface area contributed by atoms with Gasteiger partial charge in [0.05, 0.1) is 10.3 Å². The number of aryl methyl sites for hydroxylation is 2. The average Bonchev–Trinajstić information content (AvgIpc) is 3.38. The van der Waals surface area contributed by atoms with Gasteiger partial charge in [-0.25, -0.2) is 18.4 Å². The molecule has 4 rings (SSSR count). The van der Waals surface area contributed by atoms with Gasteiger partial charge in [0.1, 0.15) is 23.0 Å². The third-order valence-electron chi connectivity index (χ3n) is 5.52. The van der Waals surface area contributed by atoms with E-state index in [9.17, 15) is 13.2 Å². The maximum Gasteiger partial charge on any atom is 0.246 e. The molecule has 0 spiro atoms. The second-order valence-corrected chi connectivity index (χ2v) is 10.8. The summed E-state index contributed by atoms with van der Waals surface area (Å²) in [7, 11) is -3.54. The Bertz CT molecular complexity index is 1230. The summed E-state index contributed by atoms with van der Waals surface area (Å²) in [6.45, 7) is 6.86. The zero-order chi connectivity index (χ0) is 22.2. The van der Waals surface area contributed by atoms with Crippen molar-refractivity contribution in [2.24, 2.45) is 0 Å². The van der Waals surface area contributed by atoms with E-state index in [0.29, 0.717) is 24.6 Å². The van der Waals surface area contributed by atoms with Gasteiger partial charge >= 0.3 is 0 Å². The van der Waals surface area contributed by atoms with Gasteiger partial charge in [0.25, 0.3) is 0 Å². The van der Waals surface area contributed by atoms with Crippen molar-refractivity contribution < 1.29 is 13.2 Å². The number of carbonyl (C=O) groups is 1. The number of aromatic nitrogens is 2. The molecule has 31 heavy (non-hydrogen) atoms. The van der Waals surface area contributed by atoms with Gasteiger partial charge in [-0.3, -0.25) is 4.79 Å². The summed E-state index contributed by atoms with van der Waals surface area (Å²) >= 11 is 1.59. The summed E-state index contributed by atoms with van der Waals surface area (Å²) in [4.78, 5) is 23.6. The van der Waals surface area contributed by atoms with Gasteiger partial charge in [-0.2, -0.15) is 4.31 Å². The number of nitrogens with one attached hydrogen (secondary N) is 2. The van der Waals surface area contributed by atoms with E-state index < -0.39 is 16.1 Å². The first kappa shape index (κ1) is 21.7. The Labute approximate surface area is 185 Å². The molecule has 1 aliphatic heterocycles. The molecule has 1 aromatic carbocycles. The van der Waals surface area contributed by atoms with E-state index in [1.54, 1.807) is 36.5 Å². The summed E-state index contributed by atoms with van der Waals surface area (Å²) < 4.78 is 27.1. The minimum atomic E-state index is -3.54. The third kappa shape index (κ3) is 4.28. The predicted molar refractivity (Wildman–Crippen MR) is 123 cm³/mol. The second kappa shape index (κ2) is 8.52. The fourth-order valence-electron chi connectivity index (χ4n) is 3.62. The molecule has 1 atom stereocenters. The molecule has 3 heterocycles. The van der Waals surface area contributed by atoms with Gasteiger partial charge in [0.15, 0.2) is 0 Å². The highest BCUT2D eigenvalue weighted by Gasteiger charge is 2.27. The quantitative estimate of drug-likeness (QED) is 0.584. The van der Waals surface area contributed by atoms with Crippen molar-refractivity contribution in [3.05, 3.63) is 41.0 Å². The predicted octanol–water partition coefficient (Wildman–Crippen LogP) is 3.53. The minimum Gasteiger partial charge on any atom is -0.358 e. The molecule has 3 aromatic rings. The Morgan fingerprint density at radius 2 is 1.94 bits per heavy atom. The molecule has 8 nitrogen and oxygen atoms in total. The molecule has 1 aliphatic rings. The van der Waals surface area contributed by atoms with Crippen LogP contribution < -0.4 is 10.6 Å². The van der Waals surface area contributed by atoms with Crippen molar-refractivity contribution in [3.8, 4) is 0 Å². The smallest absolute Gasteiger partial charge is 0.246 e. The Balaban J connectivity index is 1.50. The number of sulfonamides is 1. The fourth-order valence-corrected chi connectivity index (χ4v) is 6.19. The summed E-state index contributed by atoms with van der Waals surface area (Å²) in [6.07, 6.45) is 3.23. The van der Waals surface area contributed by atoms with Gasteiger partial charge in [0.2, 0.25) is 15.9 Å². The fraction of sp³-hybridized carbons (Fsp3) is 0.381. The molecule has 0 radical (unpaired) electrons. The van der Waals surface area contributed by atoms with Crippen LogP contribution >= 0.6 is 11.3 Å². The lowest BCUT2D eigenvalue weighted by Gasteiger charge is -2.17. The standard InChI is InChI=1S/C21H25N5O3S2/c1-13-15(3)30-21-18(13)19(22-12-23-21)24-14(2)20(27)25-16-7-6-8-17(11-16)31(28,29)26-9-4-5-10-26/h6-8,11-12,14H,4-5,9-10H2,1-3H3,(H,25,27)(H,22,23,24). The summed E-state index contributed by atoms with van der Waals surface area (Å²) in [5.74, 6) is 0.326. The molecular formula is C21H25N5O3S2. The molecule has 2 N–H and O–H groups in total. The van der Waals surface area contributed by atoms with Crippen LogP contribution in [-0.4, -0.2) is 47.7 Å². The molecule has 1 saturated heterocycles. The van der Waals surface area contributed by atoms with Gasteiger partial charge in [-0.05, 0) is 57.4 Å². The summed E-state index contributed by atoms with van der Waals surface area (Å²) in [6, 6.07) is 5.81. The molecule has 10 heteroatoms. The van der Waals surface area contributed by atoms with Crippen LogP contribution in [0, 0.1) is 13.8 Å². The molecule has 1 unspecified atom stereocenters. The van der Waals surface area contributed by atoms with Gasteiger partial charge in [0, 0.05) is 23.7 Å². The van der Waals surface area contributed by atoms with Crippen molar-refractivity contribution in [3.63, 3.8) is 0 Å². The molecule has 2 aromatic heterocycles. The van der Waals surface area contributed by atoms with Crippen LogP contribution in [0.2, 0.25) is 0 Å². The largest absolute Gasteiger partial charge is 0.358 e. The van der Waals surface area contributed by atoms with Crippen molar-refractivity contribution in [2.45, 2.75) is 44.6 Å². The Hall–Kier alpha value is -2.56. The number of hydrogen-bond acceptors (Lipinski definition) is 7. The average molecular weight is 460 g/mol. The number of nitrogens with zero attached hydrogens (tertiary/aromatic N) is 3. The number of hydrogen-bond donors (Lipinski definition) is 2. The summed E-state index contributed by atoms with van der Waals surface area (Å²) in [5.41, 5.74) is 1.53. The number of thiophene rings is 1. The molecule has 0 bridgehead atoms.